The quantitative estimate of drug-likeness (QED) is 0.715. The van der Waals surface area contributed by atoms with E-state index < -0.39 is 7.29 Å². The van der Waals surface area contributed by atoms with E-state index in [1.165, 1.54) is 37.9 Å². The third-order valence-corrected chi connectivity index (χ3v) is 8.92. The van der Waals surface area contributed by atoms with Crippen molar-refractivity contribution >= 4 is 12.6 Å². The topological polar surface area (TPSA) is 32.8 Å². The Balaban J connectivity index is 1.70. The van der Waals surface area contributed by atoms with Gasteiger partial charge in [0.2, 0.25) is 0 Å². The first-order chi connectivity index (χ1) is 12.4. The predicted octanol–water partition coefficient (Wildman–Crippen LogP) is 4.30. The van der Waals surface area contributed by atoms with Crippen LogP contribution in [0, 0.1) is 0 Å². The third kappa shape index (κ3) is 4.18. The highest BCUT2D eigenvalue weighted by molar-refractivity contribution is 7.68. The Morgan fingerprint density at radius 3 is 2.31 bits per heavy atom. The second-order valence-electron chi connectivity index (χ2n) is 8.24. The molecular formula is C21H35N2O2P. The minimum absolute atomic E-state index is 0.399. The molecule has 1 aromatic rings. The number of benzene rings is 1. The van der Waals surface area contributed by atoms with Gasteiger partial charge in [-0.2, -0.15) is 0 Å². The van der Waals surface area contributed by atoms with Crippen LogP contribution in [0.4, 0.5) is 0 Å². The highest BCUT2D eigenvalue weighted by Gasteiger charge is 2.33. The van der Waals surface area contributed by atoms with Gasteiger partial charge < -0.3 is 14.2 Å². The highest BCUT2D eigenvalue weighted by atomic mass is 31.2. The van der Waals surface area contributed by atoms with Crippen LogP contribution in [0.2, 0.25) is 0 Å². The van der Waals surface area contributed by atoms with Crippen molar-refractivity contribution in [1.82, 2.24) is 9.57 Å². The van der Waals surface area contributed by atoms with Crippen molar-refractivity contribution < 1.29 is 9.30 Å². The van der Waals surface area contributed by atoms with Crippen molar-refractivity contribution in [2.45, 2.75) is 57.9 Å². The standard InChI is InChI=1S/C21H35N2O2P/c1-17(2)20-9-8-19(16-21(20)25-3)26(4,24)23-14-10-18(11-15-23)22-12-6-5-7-13-22/h8-9,16-18H,5-7,10-15H2,1-4H3. The lowest BCUT2D eigenvalue weighted by Crippen LogP contribution is -2.46. The largest absolute Gasteiger partial charge is 0.496 e. The van der Waals surface area contributed by atoms with Crippen molar-refractivity contribution in [2.75, 3.05) is 40.0 Å². The van der Waals surface area contributed by atoms with Crippen molar-refractivity contribution in [1.29, 1.82) is 0 Å². The number of rotatable bonds is 5. The van der Waals surface area contributed by atoms with Crippen molar-refractivity contribution in [3.63, 3.8) is 0 Å². The van der Waals surface area contributed by atoms with Gasteiger partial charge in [-0.1, -0.05) is 26.3 Å². The summed E-state index contributed by atoms with van der Waals surface area (Å²) < 4.78 is 21.5. The van der Waals surface area contributed by atoms with Gasteiger partial charge in [0.05, 0.1) is 7.11 Å². The predicted molar refractivity (Wildman–Crippen MR) is 110 cm³/mol. The van der Waals surface area contributed by atoms with Crippen LogP contribution in [-0.2, 0) is 4.57 Å². The van der Waals surface area contributed by atoms with E-state index in [0.717, 1.165) is 37.0 Å². The molecule has 2 heterocycles. The molecule has 0 saturated carbocycles. The van der Waals surface area contributed by atoms with Gasteiger partial charge in [-0.3, -0.25) is 0 Å². The normalized spacial score (nSPS) is 23.1. The number of hydrogen-bond acceptors (Lipinski definition) is 3. The second-order valence-corrected chi connectivity index (χ2v) is 11.1. The van der Waals surface area contributed by atoms with E-state index in [2.05, 4.69) is 35.6 Å². The minimum atomic E-state index is -2.54. The molecular weight excluding hydrogens is 343 g/mol. The maximum absolute atomic E-state index is 13.7. The molecule has 2 aliphatic rings. The summed E-state index contributed by atoms with van der Waals surface area (Å²) in [5.74, 6) is 1.26. The maximum atomic E-state index is 13.7. The Morgan fingerprint density at radius 1 is 1.08 bits per heavy atom. The van der Waals surface area contributed by atoms with Crippen LogP contribution < -0.4 is 10.0 Å². The average Bonchev–Trinajstić information content (AvgIpc) is 2.68. The third-order valence-electron chi connectivity index (χ3n) is 6.21. The Labute approximate surface area is 159 Å². The molecule has 1 aromatic carbocycles. The monoisotopic (exact) mass is 378 g/mol. The fourth-order valence-corrected chi connectivity index (χ4v) is 6.51. The van der Waals surface area contributed by atoms with E-state index in [-0.39, 0.29) is 0 Å². The van der Waals surface area contributed by atoms with Gasteiger partial charge in [0.25, 0.3) is 0 Å². The molecule has 0 N–H and O–H groups in total. The van der Waals surface area contributed by atoms with Gasteiger partial charge in [-0.25, -0.2) is 4.67 Å². The molecule has 2 aliphatic heterocycles. The lowest BCUT2D eigenvalue weighted by Gasteiger charge is -2.41. The van der Waals surface area contributed by atoms with Crippen LogP contribution in [0.5, 0.6) is 5.75 Å². The van der Waals surface area contributed by atoms with Crippen LogP contribution in [-0.4, -0.2) is 55.6 Å². The molecule has 5 heteroatoms. The molecule has 2 fully saturated rings. The number of hydrogen-bond donors (Lipinski definition) is 0. The molecule has 0 bridgehead atoms. The summed E-state index contributed by atoms with van der Waals surface area (Å²) >= 11 is 0. The van der Waals surface area contributed by atoms with Crippen LogP contribution in [0.3, 0.4) is 0 Å². The summed E-state index contributed by atoms with van der Waals surface area (Å²) in [6, 6.07) is 6.84. The van der Waals surface area contributed by atoms with Gasteiger partial charge in [0.15, 0.2) is 7.29 Å². The molecule has 2 saturated heterocycles. The molecule has 0 spiro atoms. The highest BCUT2D eigenvalue weighted by Crippen LogP contribution is 2.47. The smallest absolute Gasteiger partial charge is 0.175 e. The summed E-state index contributed by atoms with van der Waals surface area (Å²) in [6.45, 7) is 10.6. The fraction of sp³-hybridized carbons (Fsp3) is 0.714. The number of ether oxygens (including phenoxy) is 1. The van der Waals surface area contributed by atoms with Crippen molar-refractivity contribution in [3.05, 3.63) is 23.8 Å². The first-order valence-corrected chi connectivity index (χ1v) is 12.3. The van der Waals surface area contributed by atoms with Crippen LogP contribution in [0.25, 0.3) is 0 Å². The first-order valence-electron chi connectivity index (χ1n) is 10.2. The van der Waals surface area contributed by atoms with E-state index in [1.54, 1.807) is 7.11 Å². The number of likely N-dealkylation sites (tertiary alicyclic amines) is 1. The van der Waals surface area contributed by atoms with E-state index >= 15 is 0 Å². The zero-order chi connectivity index (χ0) is 18.7. The van der Waals surface area contributed by atoms with Crippen LogP contribution in [0.1, 0.15) is 57.4 Å². The molecule has 0 aliphatic carbocycles. The zero-order valence-corrected chi connectivity index (χ0v) is 17.8. The number of piperidine rings is 2. The fourth-order valence-electron chi connectivity index (χ4n) is 4.48. The lowest BCUT2D eigenvalue weighted by molar-refractivity contribution is 0.118. The summed E-state index contributed by atoms with van der Waals surface area (Å²) in [6.07, 6.45) is 6.34. The average molecular weight is 378 g/mol. The Morgan fingerprint density at radius 2 is 1.73 bits per heavy atom. The molecule has 1 atom stereocenters. The Bertz CT molecular complexity index is 647. The molecule has 4 nitrogen and oxygen atoms in total. The van der Waals surface area contributed by atoms with Crippen LogP contribution in [0.15, 0.2) is 18.2 Å². The van der Waals surface area contributed by atoms with Crippen LogP contribution >= 0.6 is 7.29 Å². The van der Waals surface area contributed by atoms with E-state index in [4.69, 9.17) is 4.74 Å². The lowest BCUT2D eigenvalue weighted by atomic mass is 10.0. The van der Waals surface area contributed by atoms with Gasteiger partial charge in [-0.15, -0.1) is 0 Å². The molecule has 3 rings (SSSR count). The van der Waals surface area contributed by atoms with Gasteiger partial charge in [-0.05, 0) is 62.4 Å². The summed E-state index contributed by atoms with van der Waals surface area (Å²) in [5.41, 5.74) is 1.18. The molecule has 1 unspecified atom stereocenters. The SMILES string of the molecule is COc1cc(P(C)(=O)N2CCC(N3CCCCC3)CC2)ccc1C(C)C. The molecule has 0 radical (unpaired) electrons. The van der Waals surface area contributed by atoms with Crippen molar-refractivity contribution in [2.24, 2.45) is 0 Å². The van der Waals surface area contributed by atoms with E-state index in [9.17, 15) is 4.57 Å². The van der Waals surface area contributed by atoms with Crippen molar-refractivity contribution in [3.8, 4) is 5.75 Å². The number of methoxy groups -OCH3 is 1. The van der Waals surface area contributed by atoms with Gasteiger partial charge in [0.1, 0.15) is 5.75 Å². The van der Waals surface area contributed by atoms with Gasteiger partial charge in [0, 0.05) is 31.1 Å². The minimum Gasteiger partial charge on any atom is -0.496 e. The summed E-state index contributed by atoms with van der Waals surface area (Å²) in [4.78, 5) is 2.67. The van der Waals surface area contributed by atoms with E-state index in [0.29, 0.717) is 12.0 Å². The molecule has 0 aromatic heterocycles. The summed E-state index contributed by atoms with van der Waals surface area (Å²) in [7, 11) is -0.838. The molecule has 0 amide bonds. The van der Waals surface area contributed by atoms with Gasteiger partial charge >= 0.3 is 0 Å². The molecule has 26 heavy (non-hydrogen) atoms. The maximum Gasteiger partial charge on any atom is 0.175 e. The molecule has 146 valence electrons. The zero-order valence-electron chi connectivity index (χ0n) is 16.9. The summed E-state index contributed by atoms with van der Waals surface area (Å²) in [5, 5.41) is 0.926. The number of nitrogens with zero attached hydrogens (tertiary/aromatic N) is 2. The Hall–Kier alpha value is -0.830. The van der Waals surface area contributed by atoms with E-state index in [1.807, 2.05) is 12.7 Å². The Kier molecular flexibility index (Phi) is 6.48. The first kappa shape index (κ1) is 19.9. The second kappa shape index (κ2) is 8.46.